The van der Waals surface area contributed by atoms with Crippen molar-refractivity contribution in [1.82, 2.24) is 0 Å². The SMILES string of the molecule is COCC(OCc1ccc(OC)cc1)[C@H](C)Oc1ccccc1. The zero-order valence-electron chi connectivity index (χ0n) is 13.9. The third-order valence-electron chi connectivity index (χ3n) is 3.54. The molecule has 4 heteroatoms. The molecule has 23 heavy (non-hydrogen) atoms. The normalized spacial score (nSPS) is 13.3. The Morgan fingerprint density at radius 1 is 0.870 bits per heavy atom. The number of ether oxygens (including phenoxy) is 4. The van der Waals surface area contributed by atoms with E-state index in [1.807, 2.05) is 61.5 Å². The van der Waals surface area contributed by atoms with Crippen LogP contribution in [0.4, 0.5) is 0 Å². The summed E-state index contributed by atoms with van der Waals surface area (Å²) in [6, 6.07) is 17.6. The quantitative estimate of drug-likeness (QED) is 0.707. The number of hydrogen-bond acceptors (Lipinski definition) is 4. The molecule has 0 saturated heterocycles. The molecule has 2 atom stereocenters. The molecule has 0 N–H and O–H groups in total. The van der Waals surface area contributed by atoms with Crippen LogP contribution in [0.25, 0.3) is 0 Å². The van der Waals surface area contributed by atoms with Crippen LogP contribution in [0.15, 0.2) is 54.6 Å². The Morgan fingerprint density at radius 3 is 2.17 bits per heavy atom. The number of benzene rings is 2. The van der Waals surface area contributed by atoms with E-state index in [1.54, 1.807) is 14.2 Å². The van der Waals surface area contributed by atoms with Crippen LogP contribution in [0.1, 0.15) is 12.5 Å². The molecular weight excluding hydrogens is 292 g/mol. The average Bonchev–Trinajstić information content (AvgIpc) is 2.60. The fourth-order valence-electron chi connectivity index (χ4n) is 2.20. The smallest absolute Gasteiger partial charge is 0.124 e. The lowest BCUT2D eigenvalue weighted by molar-refractivity contribution is -0.0640. The molecule has 0 heterocycles. The van der Waals surface area contributed by atoms with E-state index >= 15 is 0 Å². The van der Waals surface area contributed by atoms with E-state index in [4.69, 9.17) is 18.9 Å². The number of rotatable bonds is 9. The van der Waals surface area contributed by atoms with Gasteiger partial charge in [-0.2, -0.15) is 0 Å². The second-order valence-corrected chi connectivity index (χ2v) is 5.29. The van der Waals surface area contributed by atoms with E-state index < -0.39 is 0 Å². The van der Waals surface area contributed by atoms with Crippen LogP contribution in [-0.2, 0) is 16.1 Å². The summed E-state index contributed by atoms with van der Waals surface area (Å²) in [5, 5.41) is 0. The van der Waals surface area contributed by atoms with Crippen molar-refractivity contribution in [3.05, 3.63) is 60.2 Å². The number of hydrogen-bond donors (Lipinski definition) is 0. The van der Waals surface area contributed by atoms with Gasteiger partial charge in [-0.25, -0.2) is 0 Å². The van der Waals surface area contributed by atoms with Crippen LogP contribution in [0.2, 0.25) is 0 Å². The molecule has 2 aromatic carbocycles. The van der Waals surface area contributed by atoms with Gasteiger partial charge in [-0.1, -0.05) is 30.3 Å². The maximum absolute atomic E-state index is 5.99. The molecule has 0 fully saturated rings. The minimum absolute atomic E-state index is 0.115. The lowest BCUT2D eigenvalue weighted by Gasteiger charge is -2.25. The van der Waals surface area contributed by atoms with Crippen LogP contribution in [0.5, 0.6) is 11.5 Å². The van der Waals surface area contributed by atoms with Crippen molar-refractivity contribution < 1.29 is 18.9 Å². The monoisotopic (exact) mass is 316 g/mol. The van der Waals surface area contributed by atoms with Gasteiger partial charge in [-0.3, -0.25) is 0 Å². The Hall–Kier alpha value is -2.04. The molecule has 0 aliphatic heterocycles. The molecule has 0 bridgehead atoms. The van der Waals surface area contributed by atoms with Gasteiger partial charge in [0.25, 0.3) is 0 Å². The summed E-state index contributed by atoms with van der Waals surface area (Å²) in [6.45, 7) is 2.97. The molecule has 2 aromatic rings. The highest BCUT2D eigenvalue weighted by molar-refractivity contribution is 5.26. The second kappa shape index (κ2) is 9.18. The lowest BCUT2D eigenvalue weighted by Crippen LogP contribution is -2.35. The maximum Gasteiger partial charge on any atom is 0.124 e. The summed E-state index contributed by atoms with van der Waals surface area (Å²) in [6.07, 6.45) is -0.266. The maximum atomic E-state index is 5.99. The summed E-state index contributed by atoms with van der Waals surface area (Å²) >= 11 is 0. The highest BCUT2D eigenvalue weighted by Gasteiger charge is 2.20. The largest absolute Gasteiger partial charge is 0.497 e. The predicted molar refractivity (Wildman–Crippen MR) is 90.0 cm³/mol. The van der Waals surface area contributed by atoms with E-state index in [2.05, 4.69) is 0 Å². The van der Waals surface area contributed by atoms with E-state index in [0.717, 1.165) is 17.1 Å². The van der Waals surface area contributed by atoms with E-state index in [-0.39, 0.29) is 12.2 Å². The van der Waals surface area contributed by atoms with Gasteiger partial charge in [-0.15, -0.1) is 0 Å². The standard InChI is InChI=1S/C19H24O4/c1-15(23-18-7-5-4-6-8-18)19(14-20-2)22-13-16-9-11-17(21-3)12-10-16/h4-12,15,19H,13-14H2,1-3H3/t15-,19?/m0/s1. The van der Waals surface area contributed by atoms with Gasteiger partial charge in [-0.05, 0) is 36.8 Å². The van der Waals surface area contributed by atoms with Gasteiger partial charge < -0.3 is 18.9 Å². The zero-order chi connectivity index (χ0) is 16.5. The van der Waals surface area contributed by atoms with E-state index in [9.17, 15) is 0 Å². The van der Waals surface area contributed by atoms with Crippen molar-refractivity contribution in [2.75, 3.05) is 20.8 Å². The summed E-state index contributed by atoms with van der Waals surface area (Å²) in [5.74, 6) is 1.66. The van der Waals surface area contributed by atoms with Gasteiger partial charge in [0.15, 0.2) is 0 Å². The summed E-state index contributed by atoms with van der Waals surface area (Å²) in [4.78, 5) is 0. The van der Waals surface area contributed by atoms with Gasteiger partial charge in [0.05, 0.1) is 20.3 Å². The van der Waals surface area contributed by atoms with Crippen LogP contribution in [0, 0.1) is 0 Å². The molecule has 1 unspecified atom stereocenters. The van der Waals surface area contributed by atoms with E-state index in [0.29, 0.717) is 13.2 Å². The Morgan fingerprint density at radius 2 is 1.57 bits per heavy atom. The number of para-hydroxylation sites is 1. The van der Waals surface area contributed by atoms with Crippen molar-refractivity contribution in [2.24, 2.45) is 0 Å². The summed E-state index contributed by atoms with van der Waals surface area (Å²) < 4.78 is 22.3. The first kappa shape index (κ1) is 17.3. The lowest BCUT2D eigenvalue weighted by atomic mass is 10.2. The Kier molecular flexibility index (Phi) is 6.91. The highest BCUT2D eigenvalue weighted by Crippen LogP contribution is 2.16. The molecule has 124 valence electrons. The molecule has 4 nitrogen and oxygen atoms in total. The first-order chi connectivity index (χ1) is 11.2. The van der Waals surface area contributed by atoms with Gasteiger partial charge in [0, 0.05) is 7.11 Å². The van der Waals surface area contributed by atoms with Crippen molar-refractivity contribution in [1.29, 1.82) is 0 Å². The highest BCUT2D eigenvalue weighted by atomic mass is 16.6. The van der Waals surface area contributed by atoms with Gasteiger partial charge in [0.1, 0.15) is 23.7 Å². The number of methoxy groups -OCH3 is 2. The second-order valence-electron chi connectivity index (χ2n) is 5.29. The van der Waals surface area contributed by atoms with E-state index in [1.165, 1.54) is 0 Å². The predicted octanol–water partition coefficient (Wildman–Crippen LogP) is 3.69. The van der Waals surface area contributed by atoms with Gasteiger partial charge >= 0.3 is 0 Å². The average molecular weight is 316 g/mol. The van der Waals surface area contributed by atoms with Crippen LogP contribution in [0.3, 0.4) is 0 Å². The Bertz CT molecular complexity index is 553. The van der Waals surface area contributed by atoms with Crippen molar-refractivity contribution >= 4 is 0 Å². The Labute approximate surface area is 137 Å². The molecule has 2 rings (SSSR count). The summed E-state index contributed by atoms with van der Waals surface area (Å²) in [5.41, 5.74) is 1.08. The molecular formula is C19H24O4. The van der Waals surface area contributed by atoms with Crippen LogP contribution >= 0.6 is 0 Å². The molecule has 0 radical (unpaired) electrons. The minimum atomic E-state index is -0.151. The molecule has 0 spiro atoms. The molecule has 0 saturated carbocycles. The fourth-order valence-corrected chi connectivity index (χ4v) is 2.20. The van der Waals surface area contributed by atoms with Gasteiger partial charge in [0.2, 0.25) is 0 Å². The first-order valence-electron chi connectivity index (χ1n) is 7.68. The third kappa shape index (κ3) is 5.58. The molecule has 0 aliphatic carbocycles. The minimum Gasteiger partial charge on any atom is -0.497 e. The zero-order valence-corrected chi connectivity index (χ0v) is 13.9. The third-order valence-corrected chi connectivity index (χ3v) is 3.54. The fraction of sp³-hybridized carbons (Fsp3) is 0.368. The Balaban J connectivity index is 1.91. The van der Waals surface area contributed by atoms with Crippen molar-refractivity contribution in [3.8, 4) is 11.5 Å². The summed E-state index contributed by atoms with van der Waals surface area (Å²) in [7, 11) is 3.32. The van der Waals surface area contributed by atoms with Crippen LogP contribution in [-0.4, -0.2) is 33.0 Å². The van der Waals surface area contributed by atoms with Crippen molar-refractivity contribution in [3.63, 3.8) is 0 Å². The first-order valence-corrected chi connectivity index (χ1v) is 7.68. The molecule has 0 amide bonds. The van der Waals surface area contributed by atoms with Crippen LogP contribution < -0.4 is 9.47 Å². The topological polar surface area (TPSA) is 36.9 Å². The molecule has 0 aliphatic rings. The van der Waals surface area contributed by atoms with Crippen molar-refractivity contribution in [2.45, 2.75) is 25.7 Å². The molecule has 0 aromatic heterocycles.